The van der Waals surface area contributed by atoms with Crippen molar-refractivity contribution < 1.29 is 0 Å². The highest BCUT2D eigenvalue weighted by Gasteiger charge is 2.16. The van der Waals surface area contributed by atoms with Crippen LogP contribution in [-0.2, 0) is 0 Å². The van der Waals surface area contributed by atoms with Gasteiger partial charge in [-0.3, -0.25) is 0 Å². The molecule has 104 valence electrons. The molecule has 0 aliphatic carbocycles. The third kappa shape index (κ3) is 3.01. The van der Waals surface area contributed by atoms with Crippen LogP contribution in [0.25, 0.3) is 5.65 Å². The molecule has 0 fully saturated rings. The Bertz CT molecular complexity index is 537. The second-order valence-corrected chi connectivity index (χ2v) is 5.45. The quantitative estimate of drug-likeness (QED) is 0.883. The van der Waals surface area contributed by atoms with E-state index in [1.165, 1.54) is 0 Å². The Morgan fingerprint density at radius 3 is 2.74 bits per heavy atom. The summed E-state index contributed by atoms with van der Waals surface area (Å²) in [6.45, 7) is 7.31. The Morgan fingerprint density at radius 2 is 2.11 bits per heavy atom. The molecular weight excluding hydrogens is 240 g/mol. The first kappa shape index (κ1) is 13.7. The maximum absolute atomic E-state index is 4.33. The first-order valence-corrected chi connectivity index (χ1v) is 6.57. The third-order valence-corrected chi connectivity index (χ3v) is 3.32. The van der Waals surface area contributed by atoms with Gasteiger partial charge in [0.1, 0.15) is 6.33 Å². The number of rotatable bonds is 5. The molecule has 0 spiro atoms. The summed E-state index contributed by atoms with van der Waals surface area (Å²) in [4.78, 5) is 2.24. The molecule has 0 amide bonds. The molecule has 0 radical (unpaired) electrons. The van der Waals surface area contributed by atoms with Crippen LogP contribution < -0.4 is 5.32 Å². The fraction of sp³-hybridized carbons (Fsp3) is 0.615. The van der Waals surface area contributed by atoms with Gasteiger partial charge in [-0.1, -0.05) is 13.8 Å². The van der Waals surface area contributed by atoms with Gasteiger partial charge in [0.05, 0.1) is 11.4 Å². The average molecular weight is 262 g/mol. The summed E-state index contributed by atoms with van der Waals surface area (Å²) in [5.41, 5.74) is 2.70. The Kier molecular flexibility index (Phi) is 3.99. The van der Waals surface area contributed by atoms with E-state index in [0.29, 0.717) is 12.0 Å². The number of hydrogen-bond donors (Lipinski definition) is 1. The number of nitrogens with one attached hydrogen (secondary N) is 1. The average Bonchev–Trinajstić information content (AvgIpc) is 2.75. The minimum Gasteiger partial charge on any atom is -0.380 e. The first-order valence-electron chi connectivity index (χ1n) is 6.57. The van der Waals surface area contributed by atoms with Crippen LogP contribution in [0.3, 0.4) is 0 Å². The molecule has 0 aliphatic heterocycles. The summed E-state index contributed by atoms with van der Waals surface area (Å²) in [6, 6.07) is 2.48. The van der Waals surface area contributed by atoms with Crippen LogP contribution in [0.2, 0.25) is 0 Å². The molecule has 2 aromatic heterocycles. The molecule has 2 aromatic rings. The molecule has 0 bridgehead atoms. The van der Waals surface area contributed by atoms with E-state index in [0.717, 1.165) is 23.6 Å². The third-order valence-electron chi connectivity index (χ3n) is 3.32. The molecule has 0 aliphatic rings. The second-order valence-electron chi connectivity index (χ2n) is 5.45. The number of likely N-dealkylation sites (N-methyl/N-ethyl adjacent to an activating group) is 1. The predicted molar refractivity (Wildman–Crippen MR) is 76.3 cm³/mol. The van der Waals surface area contributed by atoms with Crippen molar-refractivity contribution in [2.24, 2.45) is 5.92 Å². The van der Waals surface area contributed by atoms with Crippen LogP contribution in [0.1, 0.15) is 19.5 Å². The molecule has 19 heavy (non-hydrogen) atoms. The lowest BCUT2D eigenvalue weighted by molar-refractivity contribution is 0.243. The number of aromatic nitrogens is 4. The smallest absolute Gasteiger partial charge is 0.200 e. The molecule has 1 unspecified atom stereocenters. The highest BCUT2D eigenvalue weighted by Crippen LogP contribution is 2.16. The van der Waals surface area contributed by atoms with Crippen molar-refractivity contribution in [2.45, 2.75) is 26.8 Å². The van der Waals surface area contributed by atoms with E-state index in [4.69, 9.17) is 0 Å². The van der Waals surface area contributed by atoms with E-state index >= 15 is 0 Å². The van der Waals surface area contributed by atoms with Gasteiger partial charge >= 0.3 is 0 Å². The van der Waals surface area contributed by atoms with Crippen LogP contribution in [-0.4, -0.2) is 51.4 Å². The Morgan fingerprint density at radius 1 is 1.37 bits per heavy atom. The highest BCUT2D eigenvalue weighted by molar-refractivity contribution is 5.66. The van der Waals surface area contributed by atoms with Crippen LogP contribution in [0.15, 0.2) is 12.4 Å². The minimum atomic E-state index is 0.469. The van der Waals surface area contributed by atoms with Gasteiger partial charge < -0.3 is 10.2 Å². The lowest BCUT2D eigenvalue weighted by Gasteiger charge is -2.28. The van der Waals surface area contributed by atoms with Crippen LogP contribution >= 0.6 is 0 Å². The standard InChI is InChI=1S/C13H22N6/c1-9(2)12(18(4)5)7-14-11-6-10(3)17-19-8-15-16-13(11)19/h6,8-9,12,14H,7H2,1-5H3. The van der Waals surface area contributed by atoms with Crippen molar-refractivity contribution in [3.8, 4) is 0 Å². The molecule has 2 rings (SSSR count). The van der Waals surface area contributed by atoms with Crippen LogP contribution in [0, 0.1) is 12.8 Å². The van der Waals surface area contributed by atoms with E-state index in [9.17, 15) is 0 Å². The van der Waals surface area contributed by atoms with Crippen molar-refractivity contribution in [2.75, 3.05) is 26.0 Å². The number of nitrogens with zero attached hydrogens (tertiary/aromatic N) is 5. The lowest BCUT2D eigenvalue weighted by atomic mass is 10.0. The lowest BCUT2D eigenvalue weighted by Crippen LogP contribution is -2.38. The molecule has 1 atom stereocenters. The summed E-state index contributed by atoms with van der Waals surface area (Å²) in [6.07, 6.45) is 1.62. The largest absolute Gasteiger partial charge is 0.380 e. The minimum absolute atomic E-state index is 0.469. The van der Waals surface area contributed by atoms with E-state index in [1.54, 1.807) is 10.8 Å². The van der Waals surface area contributed by atoms with Gasteiger partial charge in [0.25, 0.3) is 0 Å². The Balaban J connectivity index is 2.19. The van der Waals surface area contributed by atoms with Gasteiger partial charge in [0.15, 0.2) is 0 Å². The number of fused-ring (bicyclic) bond motifs is 1. The van der Waals surface area contributed by atoms with Gasteiger partial charge in [-0.25, -0.2) is 0 Å². The van der Waals surface area contributed by atoms with Crippen molar-refractivity contribution in [1.29, 1.82) is 0 Å². The number of anilines is 1. The number of aryl methyl sites for hydroxylation is 1. The van der Waals surface area contributed by atoms with Crippen molar-refractivity contribution in [3.05, 3.63) is 18.1 Å². The molecule has 2 heterocycles. The second kappa shape index (κ2) is 5.52. The maximum Gasteiger partial charge on any atom is 0.200 e. The summed E-state index contributed by atoms with van der Waals surface area (Å²) < 4.78 is 1.71. The summed E-state index contributed by atoms with van der Waals surface area (Å²) in [5.74, 6) is 0.583. The van der Waals surface area contributed by atoms with Crippen LogP contribution in [0.5, 0.6) is 0 Å². The number of hydrogen-bond acceptors (Lipinski definition) is 5. The molecule has 6 nitrogen and oxygen atoms in total. The molecule has 0 aromatic carbocycles. The van der Waals surface area contributed by atoms with Gasteiger partial charge in [-0.15, -0.1) is 10.2 Å². The van der Waals surface area contributed by atoms with E-state index in [2.05, 4.69) is 53.5 Å². The zero-order chi connectivity index (χ0) is 14.0. The van der Waals surface area contributed by atoms with Gasteiger partial charge in [0, 0.05) is 12.6 Å². The van der Waals surface area contributed by atoms with Crippen molar-refractivity contribution >= 4 is 11.3 Å². The summed E-state index contributed by atoms with van der Waals surface area (Å²) in [7, 11) is 4.22. The molecule has 0 saturated heterocycles. The molecular formula is C13H22N6. The predicted octanol–water partition coefficient (Wildman–Crippen LogP) is 1.43. The SMILES string of the molecule is Cc1cc(NCC(C(C)C)N(C)C)c2nncn2n1. The molecule has 6 heteroatoms. The van der Waals surface area contributed by atoms with Gasteiger partial charge in [-0.05, 0) is 33.0 Å². The van der Waals surface area contributed by atoms with Crippen LogP contribution in [0.4, 0.5) is 5.69 Å². The van der Waals surface area contributed by atoms with Gasteiger partial charge in [0.2, 0.25) is 5.65 Å². The monoisotopic (exact) mass is 262 g/mol. The van der Waals surface area contributed by atoms with Crippen molar-refractivity contribution in [1.82, 2.24) is 24.7 Å². The Labute approximate surface area is 113 Å². The fourth-order valence-corrected chi connectivity index (χ4v) is 2.31. The topological polar surface area (TPSA) is 58.3 Å². The van der Waals surface area contributed by atoms with Gasteiger partial charge in [-0.2, -0.15) is 9.61 Å². The zero-order valence-electron chi connectivity index (χ0n) is 12.3. The maximum atomic E-state index is 4.33. The van der Waals surface area contributed by atoms with E-state index in [-0.39, 0.29) is 0 Å². The fourth-order valence-electron chi connectivity index (χ4n) is 2.31. The molecule has 1 N–H and O–H groups in total. The van der Waals surface area contributed by atoms with E-state index < -0.39 is 0 Å². The summed E-state index contributed by atoms with van der Waals surface area (Å²) in [5, 5.41) is 15.8. The zero-order valence-corrected chi connectivity index (χ0v) is 12.3. The first-order chi connectivity index (χ1) is 8.99. The Hall–Kier alpha value is -1.69. The highest BCUT2D eigenvalue weighted by atomic mass is 15.3. The van der Waals surface area contributed by atoms with Crippen molar-refractivity contribution in [3.63, 3.8) is 0 Å². The summed E-state index contributed by atoms with van der Waals surface area (Å²) >= 11 is 0. The molecule has 0 saturated carbocycles. The normalized spacial score (nSPS) is 13.4. The van der Waals surface area contributed by atoms with E-state index in [1.807, 2.05) is 13.0 Å².